The molecule has 1 nitrogen and oxygen atoms in total. The van der Waals surface area contributed by atoms with Crippen molar-refractivity contribution in [2.75, 3.05) is 13.1 Å². The van der Waals surface area contributed by atoms with E-state index in [1.165, 1.54) is 5.56 Å². The van der Waals surface area contributed by atoms with E-state index in [1.807, 2.05) is 6.07 Å². The van der Waals surface area contributed by atoms with Crippen LogP contribution in [0.2, 0.25) is 0 Å². The van der Waals surface area contributed by atoms with E-state index in [0.717, 1.165) is 25.1 Å². The normalized spacial score (nSPS) is 14.8. The van der Waals surface area contributed by atoms with Crippen molar-refractivity contribution in [3.8, 4) is 0 Å². The zero-order valence-corrected chi connectivity index (χ0v) is 13.9. The number of hydrogen-bond donors (Lipinski definition) is 1. The van der Waals surface area contributed by atoms with Gasteiger partial charge in [-0.2, -0.15) is 0 Å². The average molecular weight is 279 g/mol. The Morgan fingerprint density at radius 2 is 1.85 bits per heavy atom. The molecule has 1 N–H and O–H groups in total. The highest BCUT2D eigenvalue weighted by molar-refractivity contribution is 5.27. The molecule has 0 saturated carbocycles. The molecule has 0 heterocycles. The van der Waals surface area contributed by atoms with Crippen LogP contribution in [0, 0.1) is 30.0 Å². The predicted octanol–water partition coefficient (Wildman–Crippen LogP) is 4.58. The van der Waals surface area contributed by atoms with Gasteiger partial charge in [-0.25, -0.2) is 4.39 Å². The lowest BCUT2D eigenvalue weighted by atomic mass is 9.73. The fourth-order valence-corrected chi connectivity index (χ4v) is 2.38. The summed E-state index contributed by atoms with van der Waals surface area (Å²) in [5, 5.41) is 3.57. The Bertz CT molecular complexity index is 425. The number of benzene rings is 1. The molecule has 0 bridgehead atoms. The van der Waals surface area contributed by atoms with Crippen molar-refractivity contribution in [2.45, 2.75) is 48.0 Å². The minimum atomic E-state index is -0.133. The molecule has 1 atom stereocenters. The lowest BCUT2D eigenvalue weighted by Gasteiger charge is -2.35. The third-order valence-electron chi connectivity index (χ3n) is 4.38. The smallest absolute Gasteiger partial charge is 0.123 e. The van der Waals surface area contributed by atoms with Crippen molar-refractivity contribution < 1.29 is 4.39 Å². The van der Waals surface area contributed by atoms with Gasteiger partial charge in [-0.15, -0.1) is 0 Å². The Labute approximate surface area is 124 Å². The Hall–Kier alpha value is -0.890. The molecule has 1 rings (SSSR count). The molecule has 2 heteroatoms. The largest absolute Gasteiger partial charge is 0.316 e. The maximum absolute atomic E-state index is 13.5. The summed E-state index contributed by atoms with van der Waals surface area (Å²) in [6, 6.07) is 5.12. The van der Waals surface area contributed by atoms with E-state index in [-0.39, 0.29) is 11.2 Å². The second kappa shape index (κ2) is 7.21. The van der Waals surface area contributed by atoms with Crippen LogP contribution >= 0.6 is 0 Å². The van der Waals surface area contributed by atoms with Gasteiger partial charge in [-0.1, -0.05) is 40.7 Å². The van der Waals surface area contributed by atoms with Gasteiger partial charge in [0, 0.05) is 6.54 Å². The van der Waals surface area contributed by atoms with Crippen LogP contribution < -0.4 is 5.32 Å². The van der Waals surface area contributed by atoms with Crippen molar-refractivity contribution in [2.24, 2.45) is 17.3 Å². The molecule has 0 aliphatic rings. The molecule has 0 saturated heterocycles. The van der Waals surface area contributed by atoms with Gasteiger partial charge in [-0.3, -0.25) is 0 Å². The number of rotatable bonds is 7. The molecule has 1 aromatic rings. The van der Waals surface area contributed by atoms with Gasteiger partial charge in [0.05, 0.1) is 0 Å². The molecule has 0 radical (unpaired) electrons. The minimum Gasteiger partial charge on any atom is -0.316 e. The van der Waals surface area contributed by atoms with E-state index in [0.29, 0.717) is 11.8 Å². The van der Waals surface area contributed by atoms with Crippen LogP contribution in [0.15, 0.2) is 18.2 Å². The van der Waals surface area contributed by atoms with Crippen molar-refractivity contribution in [1.29, 1.82) is 0 Å². The summed E-state index contributed by atoms with van der Waals surface area (Å²) in [6.07, 6.45) is 0.916. The maximum atomic E-state index is 13.5. The van der Waals surface area contributed by atoms with Crippen molar-refractivity contribution in [3.63, 3.8) is 0 Å². The van der Waals surface area contributed by atoms with Gasteiger partial charge in [0.2, 0.25) is 0 Å². The summed E-state index contributed by atoms with van der Waals surface area (Å²) in [6.45, 7) is 15.3. The van der Waals surface area contributed by atoms with Crippen LogP contribution in [0.1, 0.15) is 45.7 Å². The van der Waals surface area contributed by atoms with E-state index in [2.05, 4.69) is 46.9 Å². The van der Waals surface area contributed by atoms with Gasteiger partial charge in [0.15, 0.2) is 0 Å². The van der Waals surface area contributed by atoms with Crippen LogP contribution in [-0.2, 0) is 6.42 Å². The third-order valence-corrected chi connectivity index (χ3v) is 4.38. The lowest BCUT2D eigenvalue weighted by Crippen LogP contribution is -2.39. The first-order chi connectivity index (χ1) is 9.24. The topological polar surface area (TPSA) is 12.0 Å². The number of halogens is 1. The molecule has 20 heavy (non-hydrogen) atoms. The minimum absolute atomic E-state index is 0.133. The SMILES string of the molecule is Cc1ccc(F)cc1CC(C)(CNCC(C)C)C(C)C. The fraction of sp³-hybridized carbons (Fsp3) is 0.667. The van der Waals surface area contributed by atoms with Crippen molar-refractivity contribution >= 4 is 0 Å². The molecular weight excluding hydrogens is 249 g/mol. The van der Waals surface area contributed by atoms with Gasteiger partial charge in [0.25, 0.3) is 0 Å². The molecule has 1 aromatic carbocycles. The second-order valence-corrected chi connectivity index (χ2v) is 7.08. The third kappa shape index (κ3) is 4.90. The van der Waals surface area contributed by atoms with Crippen LogP contribution in [0.3, 0.4) is 0 Å². The van der Waals surface area contributed by atoms with Crippen LogP contribution in [0.4, 0.5) is 4.39 Å². The predicted molar refractivity (Wildman–Crippen MR) is 85.5 cm³/mol. The molecule has 0 amide bonds. The van der Waals surface area contributed by atoms with Crippen LogP contribution in [0.5, 0.6) is 0 Å². The van der Waals surface area contributed by atoms with E-state index in [9.17, 15) is 4.39 Å². The van der Waals surface area contributed by atoms with Gasteiger partial charge in [0.1, 0.15) is 5.82 Å². The standard InChI is InChI=1S/C18H30FN/c1-13(2)11-20-12-18(6,14(3)4)10-16-9-17(19)8-7-15(16)5/h7-9,13-14,20H,10-12H2,1-6H3. The maximum Gasteiger partial charge on any atom is 0.123 e. The fourth-order valence-electron chi connectivity index (χ4n) is 2.38. The van der Waals surface area contributed by atoms with E-state index >= 15 is 0 Å². The zero-order valence-electron chi connectivity index (χ0n) is 13.9. The summed E-state index contributed by atoms with van der Waals surface area (Å²) < 4.78 is 13.5. The molecule has 0 spiro atoms. The number of hydrogen-bond acceptors (Lipinski definition) is 1. The monoisotopic (exact) mass is 279 g/mol. The highest BCUT2D eigenvalue weighted by Crippen LogP contribution is 2.32. The Morgan fingerprint density at radius 1 is 1.20 bits per heavy atom. The number of nitrogens with one attached hydrogen (secondary N) is 1. The molecule has 1 unspecified atom stereocenters. The first kappa shape index (κ1) is 17.2. The van der Waals surface area contributed by atoms with Gasteiger partial charge >= 0.3 is 0 Å². The van der Waals surface area contributed by atoms with E-state index in [1.54, 1.807) is 12.1 Å². The highest BCUT2D eigenvalue weighted by atomic mass is 19.1. The molecule has 0 aliphatic heterocycles. The zero-order chi connectivity index (χ0) is 15.3. The van der Waals surface area contributed by atoms with Crippen LogP contribution in [-0.4, -0.2) is 13.1 Å². The Balaban J connectivity index is 2.82. The Kier molecular flexibility index (Phi) is 6.19. The molecule has 114 valence electrons. The van der Waals surface area contributed by atoms with E-state index < -0.39 is 0 Å². The quantitative estimate of drug-likeness (QED) is 0.770. The summed E-state index contributed by atoms with van der Waals surface area (Å²) in [5.74, 6) is 1.07. The van der Waals surface area contributed by atoms with Crippen molar-refractivity contribution in [3.05, 3.63) is 35.1 Å². The molecule has 0 aliphatic carbocycles. The first-order valence-electron chi connectivity index (χ1n) is 7.70. The molecular formula is C18H30FN. The van der Waals surface area contributed by atoms with Gasteiger partial charge < -0.3 is 5.32 Å². The first-order valence-corrected chi connectivity index (χ1v) is 7.70. The summed E-state index contributed by atoms with van der Waals surface area (Å²) in [4.78, 5) is 0. The summed E-state index contributed by atoms with van der Waals surface area (Å²) in [5.41, 5.74) is 2.46. The average Bonchev–Trinajstić information content (AvgIpc) is 2.33. The van der Waals surface area contributed by atoms with E-state index in [4.69, 9.17) is 0 Å². The second-order valence-electron chi connectivity index (χ2n) is 7.08. The summed E-state index contributed by atoms with van der Waals surface area (Å²) in [7, 11) is 0. The Morgan fingerprint density at radius 3 is 2.40 bits per heavy atom. The van der Waals surface area contributed by atoms with Gasteiger partial charge in [-0.05, 0) is 60.4 Å². The lowest BCUT2D eigenvalue weighted by molar-refractivity contribution is 0.204. The molecule has 0 fully saturated rings. The summed E-state index contributed by atoms with van der Waals surface area (Å²) >= 11 is 0. The van der Waals surface area contributed by atoms with Crippen LogP contribution in [0.25, 0.3) is 0 Å². The number of aryl methyl sites for hydroxylation is 1. The molecule has 0 aromatic heterocycles. The highest BCUT2D eigenvalue weighted by Gasteiger charge is 2.29. The van der Waals surface area contributed by atoms with Crippen molar-refractivity contribution in [1.82, 2.24) is 5.32 Å².